The number of hydrogen-bond donors (Lipinski definition) is 1. The van der Waals surface area contributed by atoms with Crippen LogP contribution in [0, 0.1) is 5.82 Å². The van der Waals surface area contributed by atoms with Crippen LogP contribution in [-0.2, 0) is 17.9 Å². The van der Waals surface area contributed by atoms with Crippen LogP contribution in [0.15, 0.2) is 18.2 Å². The van der Waals surface area contributed by atoms with E-state index < -0.39 is 0 Å². The van der Waals surface area contributed by atoms with Crippen molar-refractivity contribution in [2.24, 2.45) is 5.73 Å². The molecule has 3 nitrogen and oxygen atoms in total. The van der Waals surface area contributed by atoms with Gasteiger partial charge >= 0.3 is 0 Å². The van der Waals surface area contributed by atoms with Gasteiger partial charge in [-0.2, -0.15) is 0 Å². The minimum absolute atomic E-state index is 0.347. The van der Waals surface area contributed by atoms with Crippen LogP contribution in [0.4, 0.5) is 4.39 Å². The Morgan fingerprint density at radius 3 is 2.94 bits per heavy atom. The molecule has 0 atom stereocenters. The Morgan fingerprint density at radius 2 is 2.28 bits per heavy atom. The van der Waals surface area contributed by atoms with Crippen LogP contribution in [0.1, 0.15) is 10.6 Å². The quantitative estimate of drug-likeness (QED) is 0.939. The molecule has 0 unspecified atom stereocenters. The van der Waals surface area contributed by atoms with Crippen molar-refractivity contribution in [2.75, 3.05) is 7.11 Å². The van der Waals surface area contributed by atoms with Crippen LogP contribution in [-0.4, -0.2) is 12.1 Å². The monoisotopic (exact) mass is 286 g/mol. The second-order valence-electron chi connectivity index (χ2n) is 3.65. The highest BCUT2D eigenvalue weighted by Gasteiger charge is 2.14. The molecule has 1 aromatic heterocycles. The van der Waals surface area contributed by atoms with E-state index in [4.69, 9.17) is 22.1 Å². The molecule has 0 spiro atoms. The number of rotatable bonds is 4. The number of thiazole rings is 1. The standard InChI is InChI=1S/C12H12ClFN2OS/c1-17-6-10-11(5-15)18-12(16-10)8-4-7(13)2-3-9(8)14/h2-4H,5-6,15H2,1H3. The van der Waals surface area contributed by atoms with Gasteiger partial charge in [0.25, 0.3) is 0 Å². The molecule has 18 heavy (non-hydrogen) atoms. The summed E-state index contributed by atoms with van der Waals surface area (Å²) < 4.78 is 18.8. The first kappa shape index (κ1) is 13.4. The second kappa shape index (κ2) is 5.75. The molecule has 0 bridgehead atoms. The summed E-state index contributed by atoms with van der Waals surface area (Å²) in [7, 11) is 1.58. The molecule has 0 fully saturated rings. The van der Waals surface area contributed by atoms with Gasteiger partial charge < -0.3 is 10.5 Å². The van der Waals surface area contributed by atoms with Gasteiger partial charge in [-0.25, -0.2) is 9.37 Å². The highest BCUT2D eigenvalue weighted by Crippen LogP contribution is 2.31. The maximum absolute atomic E-state index is 13.7. The maximum atomic E-state index is 13.7. The van der Waals surface area contributed by atoms with Crippen molar-refractivity contribution in [1.29, 1.82) is 0 Å². The molecule has 96 valence electrons. The van der Waals surface area contributed by atoms with E-state index in [2.05, 4.69) is 4.98 Å². The molecular weight excluding hydrogens is 275 g/mol. The van der Waals surface area contributed by atoms with E-state index >= 15 is 0 Å². The topological polar surface area (TPSA) is 48.1 Å². The van der Waals surface area contributed by atoms with Crippen LogP contribution >= 0.6 is 22.9 Å². The first-order valence-electron chi connectivity index (χ1n) is 5.28. The summed E-state index contributed by atoms with van der Waals surface area (Å²) >= 11 is 7.23. The molecule has 2 rings (SSSR count). The molecule has 0 saturated heterocycles. The van der Waals surface area contributed by atoms with Crippen LogP contribution < -0.4 is 5.73 Å². The molecule has 0 radical (unpaired) electrons. The third-order valence-electron chi connectivity index (χ3n) is 2.40. The Balaban J connectivity index is 2.47. The number of nitrogens with two attached hydrogens (primary N) is 1. The Morgan fingerprint density at radius 1 is 1.50 bits per heavy atom. The number of nitrogens with zero attached hydrogens (tertiary/aromatic N) is 1. The summed E-state index contributed by atoms with van der Waals surface area (Å²) in [5, 5.41) is 1.05. The van der Waals surface area contributed by atoms with Crippen LogP contribution in [0.5, 0.6) is 0 Å². The Labute approximate surface area is 113 Å². The normalized spacial score (nSPS) is 10.9. The number of methoxy groups -OCH3 is 1. The summed E-state index contributed by atoms with van der Waals surface area (Å²) in [6.07, 6.45) is 0. The molecule has 6 heteroatoms. The zero-order valence-corrected chi connectivity index (χ0v) is 11.3. The van der Waals surface area contributed by atoms with Crippen molar-refractivity contribution in [2.45, 2.75) is 13.2 Å². The fraction of sp³-hybridized carbons (Fsp3) is 0.250. The highest BCUT2D eigenvalue weighted by molar-refractivity contribution is 7.15. The van der Waals surface area contributed by atoms with Crippen LogP contribution in [0.25, 0.3) is 10.6 Å². The van der Waals surface area contributed by atoms with Crippen molar-refractivity contribution >= 4 is 22.9 Å². The smallest absolute Gasteiger partial charge is 0.133 e. The molecule has 0 aliphatic heterocycles. The van der Waals surface area contributed by atoms with E-state index in [1.54, 1.807) is 13.2 Å². The number of aromatic nitrogens is 1. The molecular formula is C12H12ClFN2OS. The zero-order valence-electron chi connectivity index (χ0n) is 9.74. The highest BCUT2D eigenvalue weighted by atomic mass is 35.5. The average molecular weight is 287 g/mol. The molecule has 2 N–H and O–H groups in total. The molecule has 0 amide bonds. The van der Waals surface area contributed by atoms with E-state index in [-0.39, 0.29) is 5.82 Å². The first-order valence-corrected chi connectivity index (χ1v) is 6.48. The fourth-order valence-corrected chi connectivity index (χ4v) is 2.70. The molecule has 0 aliphatic rings. The Hall–Kier alpha value is -1.01. The zero-order chi connectivity index (χ0) is 13.1. The van der Waals surface area contributed by atoms with Gasteiger partial charge in [0, 0.05) is 29.1 Å². The lowest BCUT2D eigenvalue weighted by Gasteiger charge is -1.99. The van der Waals surface area contributed by atoms with Crippen molar-refractivity contribution in [1.82, 2.24) is 4.98 Å². The third kappa shape index (κ3) is 2.70. The summed E-state index contributed by atoms with van der Waals surface area (Å²) in [6.45, 7) is 0.726. The SMILES string of the molecule is COCc1nc(-c2cc(Cl)ccc2F)sc1CN. The van der Waals surface area contributed by atoms with Gasteiger partial charge in [0.1, 0.15) is 10.8 Å². The molecule has 0 aliphatic carbocycles. The van der Waals surface area contributed by atoms with Crippen LogP contribution in [0.2, 0.25) is 5.02 Å². The predicted octanol–water partition coefficient (Wildman–Crippen LogP) is 3.21. The van der Waals surface area contributed by atoms with E-state index in [0.717, 1.165) is 10.6 Å². The number of benzene rings is 1. The van der Waals surface area contributed by atoms with Crippen LogP contribution in [0.3, 0.4) is 0 Å². The maximum Gasteiger partial charge on any atom is 0.133 e. The van der Waals surface area contributed by atoms with Gasteiger partial charge in [-0.3, -0.25) is 0 Å². The molecule has 0 saturated carbocycles. The third-order valence-corrected chi connectivity index (χ3v) is 3.79. The Bertz CT molecular complexity index is 559. The summed E-state index contributed by atoms with van der Waals surface area (Å²) in [5.41, 5.74) is 6.78. The minimum atomic E-state index is -0.347. The molecule has 1 heterocycles. The summed E-state index contributed by atoms with van der Waals surface area (Å²) in [6, 6.07) is 4.40. The lowest BCUT2D eigenvalue weighted by molar-refractivity contribution is 0.181. The van der Waals surface area contributed by atoms with Gasteiger partial charge in [0.2, 0.25) is 0 Å². The molecule has 1 aromatic carbocycles. The van der Waals surface area contributed by atoms with Gasteiger partial charge in [-0.05, 0) is 18.2 Å². The van der Waals surface area contributed by atoms with Crippen molar-refractivity contribution in [3.63, 3.8) is 0 Å². The van der Waals surface area contributed by atoms with Gasteiger partial charge in [0.15, 0.2) is 0 Å². The summed E-state index contributed by atoms with van der Waals surface area (Å²) in [4.78, 5) is 5.25. The largest absolute Gasteiger partial charge is 0.378 e. The van der Waals surface area contributed by atoms with Gasteiger partial charge in [0.05, 0.1) is 12.3 Å². The van der Waals surface area contributed by atoms with E-state index in [0.29, 0.717) is 28.7 Å². The minimum Gasteiger partial charge on any atom is -0.378 e. The lowest BCUT2D eigenvalue weighted by atomic mass is 10.2. The number of halogens is 2. The van der Waals surface area contributed by atoms with Gasteiger partial charge in [-0.1, -0.05) is 11.6 Å². The van der Waals surface area contributed by atoms with E-state index in [9.17, 15) is 4.39 Å². The summed E-state index contributed by atoms with van der Waals surface area (Å²) in [5.74, 6) is -0.347. The number of hydrogen-bond acceptors (Lipinski definition) is 4. The van der Waals surface area contributed by atoms with Crippen molar-refractivity contribution in [3.8, 4) is 10.6 Å². The lowest BCUT2D eigenvalue weighted by Crippen LogP contribution is -1.99. The number of ether oxygens (including phenoxy) is 1. The molecule has 2 aromatic rings. The van der Waals surface area contributed by atoms with E-state index in [1.165, 1.54) is 23.5 Å². The van der Waals surface area contributed by atoms with Crippen molar-refractivity contribution in [3.05, 3.63) is 39.6 Å². The predicted molar refractivity (Wildman–Crippen MR) is 71.1 cm³/mol. The second-order valence-corrected chi connectivity index (χ2v) is 5.17. The van der Waals surface area contributed by atoms with E-state index in [1.807, 2.05) is 0 Å². The van der Waals surface area contributed by atoms with Crippen molar-refractivity contribution < 1.29 is 9.13 Å². The Kier molecular flexibility index (Phi) is 4.29. The van der Waals surface area contributed by atoms with Gasteiger partial charge in [-0.15, -0.1) is 11.3 Å². The average Bonchev–Trinajstić information content (AvgIpc) is 2.76. The first-order chi connectivity index (χ1) is 8.65. The fourth-order valence-electron chi connectivity index (χ4n) is 1.57.